The van der Waals surface area contributed by atoms with Crippen molar-refractivity contribution in [1.82, 2.24) is 0 Å². The van der Waals surface area contributed by atoms with E-state index in [1.807, 2.05) is 45.3 Å². The molecule has 5 rings (SSSR count). The summed E-state index contributed by atoms with van der Waals surface area (Å²) < 4.78 is 18.0. The lowest BCUT2D eigenvalue weighted by molar-refractivity contribution is 0.169. The SMILES string of the molecule is CC(C)c1cc2sc3cc(C(C)CCC(C)c4sc(C(C)C)c5c4OCCO5)sc3c2s1. The summed E-state index contributed by atoms with van der Waals surface area (Å²) in [6, 6.07) is 4.87. The van der Waals surface area contributed by atoms with Gasteiger partial charge in [-0.05, 0) is 48.6 Å². The van der Waals surface area contributed by atoms with Gasteiger partial charge in [0, 0.05) is 19.2 Å². The second-order valence-corrected chi connectivity index (χ2v) is 14.0. The van der Waals surface area contributed by atoms with Crippen LogP contribution in [0.4, 0.5) is 0 Å². The molecule has 0 saturated carbocycles. The number of hydrogen-bond acceptors (Lipinski definition) is 6. The summed E-state index contributed by atoms with van der Waals surface area (Å²) in [4.78, 5) is 5.77. The highest BCUT2D eigenvalue weighted by Gasteiger charge is 2.28. The molecule has 5 heterocycles. The van der Waals surface area contributed by atoms with Gasteiger partial charge in [-0.2, -0.15) is 0 Å². The third kappa shape index (κ3) is 4.02. The van der Waals surface area contributed by atoms with Crippen molar-refractivity contribution < 1.29 is 9.47 Å². The molecule has 172 valence electrons. The van der Waals surface area contributed by atoms with Gasteiger partial charge in [0.05, 0.1) is 19.2 Å². The van der Waals surface area contributed by atoms with E-state index in [9.17, 15) is 0 Å². The van der Waals surface area contributed by atoms with E-state index in [1.165, 1.54) is 51.1 Å². The number of fused-ring (bicyclic) bond motifs is 4. The maximum Gasteiger partial charge on any atom is 0.175 e. The van der Waals surface area contributed by atoms with Crippen LogP contribution in [0.25, 0.3) is 18.8 Å². The van der Waals surface area contributed by atoms with Crippen LogP contribution in [0.2, 0.25) is 0 Å². The summed E-state index contributed by atoms with van der Waals surface area (Å²) in [6.45, 7) is 15.2. The second-order valence-electron chi connectivity index (χ2n) is 9.66. The summed E-state index contributed by atoms with van der Waals surface area (Å²) in [5, 5.41) is 0. The topological polar surface area (TPSA) is 18.5 Å². The highest BCUT2D eigenvalue weighted by Crippen LogP contribution is 2.51. The molecular formula is C26H32O2S4. The van der Waals surface area contributed by atoms with Gasteiger partial charge in [0.25, 0.3) is 0 Å². The van der Waals surface area contributed by atoms with Crippen LogP contribution < -0.4 is 9.47 Å². The van der Waals surface area contributed by atoms with Gasteiger partial charge < -0.3 is 9.47 Å². The zero-order chi connectivity index (χ0) is 22.6. The van der Waals surface area contributed by atoms with E-state index in [0.29, 0.717) is 36.9 Å². The van der Waals surface area contributed by atoms with Crippen LogP contribution in [0, 0.1) is 0 Å². The predicted molar refractivity (Wildman–Crippen MR) is 145 cm³/mol. The van der Waals surface area contributed by atoms with Crippen molar-refractivity contribution in [1.29, 1.82) is 0 Å². The molecule has 0 saturated heterocycles. The molecule has 0 aliphatic carbocycles. The summed E-state index contributed by atoms with van der Waals surface area (Å²) in [5.74, 6) is 4.21. The lowest BCUT2D eigenvalue weighted by Crippen LogP contribution is -2.16. The highest BCUT2D eigenvalue weighted by molar-refractivity contribution is 7.38. The molecule has 0 fully saturated rings. The fourth-order valence-corrected chi connectivity index (χ4v) is 9.78. The van der Waals surface area contributed by atoms with E-state index < -0.39 is 0 Å². The largest absolute Gasteiger partial charge is 0.485 e. The first-order valence-corrected chi connectivity index (χ1v) is 15.0. The van der Waals surface area contributed by atoms with Crippen molar-refractivity contribution in [3.8, 4) is 11.5 Å². The molecular weight excluding hydrogens is 473 g/mol. The first-order valence-electron chi connectivity index (χ1n) is 11.7. The minimum atomic E-state index is 0.472. The Hall–Kier alpha value is -1.08. The molecule has 2 atom stereocenters. The monoisotopic (exact) mass is 504 g/mol. The van der Waals surface area contributed by atoms with Crippen molar-refractivity contribution in [3.63, 3.8) is 0 Å². The van der Waals surface area contributed by atoms with Crippen LogP contribution in [0.5, 0.6) is 11.5 Å². The number of hydrogen-bond donors (Lipinski definition) is 0. The van der Waals surface area contributed by atoms with Crippen molar-refractivity contribution in [2.75, 3.05) is 13.2 Å². The van der Waals surface area contributed by atoms with Crippen LogP contribution in [0.1, 0.15) is 97.6 Å². The smallest absolute Gasteiger partial charge is 0.175 e. The third-order valence-corrected chi connectivity index (χ3v) is 12.4. The van der Waals surface area contributed by atoms with Crippen LogP contribution >= 0.6 is 45.3 Å². The molecule has 0 bridgehead atoms. The lowest BCUT2D eigenvalue weighted by Gasteiger charge is -2.20. The van der Waals surface area contributed by atoms with E-state index in [-0.39, 0.29) is 0 Å². The first-order chi connectivity index (χ1) is 15.3. The van der Waals surface area contributed by atoms with Crippen molar-refractivity contribution in [2.45, 2.75) is 78.1 Å². The maximum atomic E-state index is 6.08. The average Bonchev–Trinajstić information content (AvgIpc) is 3.50. The van der Waals surface area contributed by atoms with E-state index in [1.54, 1.807) is 0 Å². The molecule has 2 unspecified atom stereocenters. The molecule has 2 nitrogen and oxygen atoms in total. The highest BCUT2D eigenvalue weighted by atomic mass is 32.1. The fourth-order valence-electron chi connectivity index (χ4n) is 4.37. The Morgan fingerprint density at radius 2 is 1.22 bits per heavy atom. The van der Waals surface area contributed by atoms with Crippen molar-refractivity contribution in [2.24, 2.45) is 0 Å². The molecule has 4 aromatic heterocycles. The zero-order valence-corrected chi connectivity index (χ0v) is 23.0. The van der Waals surface area contributed by atoms with Gasteiger partial charge in [0.15, 0.2) is 11.5 Å². The van der Waals surface area contributed by atoms with Crippen LogP contribution in [0.15, 0.2) is 12.1 Å². The zero-order valence-electron chi connectivity index (χ0n) is 19.7. The van der Waals surface area contributed by atoms with E-state index >= 15 is 0 Å². The van der Waals surface area contributed by atoms with Gasteiger partial charge in [-0.3, -0.25) is 0 Å². The Kier molecular flexibility index (Phi) is 6.34. The van der Waals surface area contributed by atoms with Crippen LogP contribution in [0.3, 0.4) is 0 Å². The average molecular weight is 505 g/mol. The van der Waals surface area contributed by atoms with Crippen molar-refractivity contribution in [3.05, 3.63) is 31.6 Å². The summed E-state index contributed by atoms with van der Waals surface area (Å²) >= 11 is 7.90. The predicted octanol–water partition coefficient (Wildman–Crippen LogP) is 9.94. The van der Waals surface area contributed by atoms with Gasteiger partial charge in [-0.1, -0.05) is 41.5 Å². The number of thiophene rings is 4. The molecule has 0 amide bonds. The van der Waals surface area contributed by atoms with Gasteiger partial charge in [-0.25, -0.2) is 0 Å². The summed E-state index contributed by atoms with van der Waals surface area (Å²) in [7, 11) is 0. The quantitative estimate of drug-likeness (QED) is 0.249. The molecule has 6 heteroatoms. The molecule has 0 aromatic carbocycles. The third-order valence-electron chi connectivity index (χ3n) is 6.37. The van der Waals surface area contributed by atoms with Crippen molar-refractivity contribution >= 4 is 64.1 Å². The Bertz CT molecular complexity index is 1240. The molecule has 32 heavy (non-hydrogen) atoms. The summed E-state index contributed by atoms with van der Waals surface area (Å²) in [5.41, 5.74) is 0. The molecule has 4 aromatic rings. The minimum Gasteiger partial charge on any atom is -0.485 e. The number of rotatable bonds is 7. The Balaban J connectivity index is 1.32. The molecule has 0 radical (unpaired) electrons. The maximum absolute atomic E-state index is 6.08. The molecule has 0 spiro atoms. The number of ether oxygens (including phenoxy) is 2. The fraction of sp³-hybridized carbons (Fsp3) is 0.538. The standard InChI is InChI=1S/C26H32O2S4/c1-13(2)17-11-19-25(30-17)26-20(29-19)12-18(31-26)15(5)7-8-16(6)24-22-21(27-9-10-28-22)23(32-24)14(3)4/h11-16H,7-10H2,1-6H3. The molecule has 0 N–H and O–H groups in total. The first kappa shape index (κ1) is 22.7. The second kappa shape index (κ2) is 8.94. The normalized spacial score (nSPS) is 16.0. The van der Waals surface area contributed by atoms with Crippen LogP contribution in [-0.2, 0) is 0 Å². The Morgan fingerprint density at radius 1 is 0.656 bits per heavy atom. The summed E-state index contributed by atoms with van der Waals surface area (Å²) in [6.07, 6.45) is 2.37. The van der Waals surface area contributed by atoms with E-state index in [0.717, 1.165) is 11.5 Å². The Labute approximate surface area is 207 Å². The molecule has 1 aliphatic heterocycles. The van der Waals surface area contributed by atoms with Gasteiger partial charge in [-0.15, -0.1) is 45.3 Å². The molecule has 1 aliphatic rings. The van der Waals surface area contributed by atoms with Gasteiger partial charge in [0.1, 0.15) is 13.2 Å². The lowest BCUT2D eigenvalue weighted by atomic mass is 9.95. The van der Waals surface area contributed by atoms with E-state index in [4.69, 9.17) is 9.47 Å². The van der Waals surface area contributed by atoms with Gasteiger partial charge >= 0.3 is 0 Å². The Morgan fingerprint density at radius 3 is 1.84 bits per heavy atom. The van der Waals surface area contributed by atoms with Gasteiger partial charge in [0.2, 0.25) is 0 Å². The van der Waals surface area contributed by atoms with E-state index in [2.05, 4.69) is 53.7 Å². The van der Waals surface area contributed by atoms with Crippen LogP contribution in [-0.4, -0.2) is 13.2 Å². The minimum absolute atomic E-state index is 0.472.